The van der Waals surface area contributed by atoms with E-state index in [0.717, 1.165) is 36.1 Å². The number of benzene rings is 1. The minimum atomic E-state index is -0.0778. The summed E-state index contributed by atoms with van der Waals surface area (Å²) >= 11 is 0. The molecule has 1 aromatic rings. The maximum atomic E-state index is 12.8. The SMILES string of the molecule is Cc1cc(C)cc(C(=O)N2CCCC(C(=O)N(C)C(C)C)C2)c1. The van der Waals surface area contributed by atoms with Gasteiger partial charge in [0.25, 0.3) is 5.91 Å². The van der Waals surface area contributed by atoms with E-state index in [1.807, 2.05) is 51.8 Å². The third-order valence-corrected chi connectivity index (χ3v) is 4.65. The van der Waals surface area contributed by atoms with Gasteiger partial charge in [0, 0.05) is 31.7 Å². The Morgan fingerprint density at radius 2 is 1.78 bits per heavy atom. The van der Waals surface area contributed by atoms with Crippen molar-refractivity contribution in [1.29, 1.82) is 0 Å². The van der Waals surface area contributed by atoms with Crippen molar-refractivity contribution in [2.24, 2.45) is 5.92 Å². The fourth-order valence-corrected chi connectivity index (χ4v) is 3.19. The first-order valence-electron chi connectivity index (χ1n) is 8.44. The van der Waals surface area contributed by atoms with Crippen LogP contribution in [-0.2, 0) is 4.79 Å². The van der Waals surface area contributed by atoms with Gasteiger partial charge < -0.3 is 9.80 Å². The number of carbonyl (C=O) groups is 2. The summed E-state index contributed by atoms with van der Waals surface area (Å²) in [6.07, 6.45) is 1.76. The van der Waals surface area contributed by atoms with Crippen LogP contribution in [0.2, 0.25) is 0 Å². The number of likely N-dealkylation sites (tertiary alicyclic amines) is 1. The Kier molecular flexibility index (Phi) is 5.45. The van der Waals surface area contributed by atoms with Crippen molar-refractivity contribution < 1.29 is 9.59 Å². The molecule has 1 saturated heterocycles. The van der Waals surface area contributed by atoms with Crippen molar-refractivity contribution in [3.63, 3.8) is 0 Å². The molecule has 2 amide bonds. The summed E-state index contributed by atoms with van der Waals surface area (Å²) in [4.78, 5) is 28.9. The molecule has 1 fully saturated rings. The van der Waals surface area contributed by atoms with Gasteiger partial charge >= 0.3 is 0 Å². The molecule has 0 N–H and O–H groups in total. The van der Waals surface area contributed by atoms with E-state index in [-0.39, 0.29) is 23.8 Å². The lowest BCUT2D eigenvalue weighted by molar-refractivity contribution is -0.137. The van der Waals surface area contributed by atoms with Gasteiger partial charge in [-0.1, -0.05) is 17.2 Å². The van der Waals surface area contributed by atoms with Crippen molar-refractivity contribution >= 4 is 11.8 Å². The topological polar surface area (TPSA) is 40.6 Å². The highest BCUT2D eigenvalue weighted by Crippen LogP contribution is 2.22. The monoisotopic (exact) mass is 316 g/mol. The zero-order valence-corrected chi connectivity index (χ0v) is 14.9. The second kappa shape index (κ2) is 7.16. The number of hydrogen-bond acceptors (Lipinski definition) is 2. The molecule has 4 nitrogen and oxygen atoms in total. The zero-order valence-electron chi connectivity index (χ0n) is 14.9. The van der Waals surface area contributed by atoms with E-state index in [9.17, 15) is 9.59 Å². The molecule has 1 unspecified atom stereocenters. The van der Waals surface area contributed by atoms with Crippen molar-refractivity contribution in [1.82, 2.24) is 9.80 Å². The van der Waals surface area contributed by atoms with Gasteiger partial charge in [-0.25, -0.2) is 0 Å². The van der Waals surface area contributed by atoms with Crippen molar-refractivity contribution in [3.05, 3.63) is 34.9 Å². The Morgan fingerprint density at radius 1 is 1.17 bits per heavy atom. The number of piperidine rings is 1. The van der Waals surface area contributed by atoms with Crippen molar-refractivity contribution in [2.75, 3.05) is 20.1 Å². The molecule has 0 spiro atoms. The molecule has 2 rings (SSSR count). The lowest BCUT2D eigenvalue weighted by Crippen LogP contribution is -2.47. The highest BCUT2D eigenvalue weighted by molar-refractivity contribution is 5.95. The first-order valence-corrected chi connectivity index (χ1v) is 8.44. The minimum absolute atomic E-state index is 0.0431. The van der Waals surface area contributed by atoms with Gasteiger partial charge in [-0.2, -0.15) is 0 Å². The molecule has 23 heavy (non-hydrogen) atoms. The van der Waals surface area contributed by atoms with E-state index in [2.05, 4.69) is 6.07 Å². The van der Waals surface area contributed by atoms with Crippen LogP contribution in [0.1, 0.15) is 48.2 Å². The Bertz CT molecular complexity index is 575. The first-order chi connectivity index (χ1) is 10.8. The normalized spacial score (nSPS) is 18.2. The van der Waals surface area contributed by atoms with Gasteiger partial charge in [-0.3, -0.25) is 9.59 Å². The van der Waals surface area contributed by atoms with E-state index >= 15 is 0 Å². The van der Waals surface area contributed by atoms with Crippen LogP contribution < -0.4 is 0 Å². The average molecular weight is 316 g/mol. The molecular formula is C19H28N2O2. The Labute approximate surface area is 139 Å². The number of hydrogen-bond donors (Lipinski definition) is 0. The van der Waals surface area contributed by atoms with Crippen molar-refractivity contribution in [3.8, 4) is 0 Å². The van der Waals surface area contributed by atoms with Crippen LogP contribution in [0, 0.1) is 19.8 Å². The summed E-state index contributed by atoms with van der Waals surface area (Å²) in [6, 6.07) is 6.12. The number of nitrogens with zero attached hydrogens (tertiary/aromatic N) is 2. The van der Waals surface area contributed by atoms with Crippen LogP contribution in [0.15, 0.2) is 18.2 Å². The van der Waals surface area contributed by atoms with Gasteiger partial charge in [0.1, 0.15) is 0 Å². The number of amides is 2. The number of rotatable bonds is 3. The zero-order chi connectivity index (χ0) is 17.1. The highest BCUT2D eigenvalue weighted by atomic mass is 16.2. The molecule has 0 aromatic heterocycles. The lowest BCUT2D eigenvalue weighted by atomic mass is 9.95. The standard InChI is InChI=1S/C19H28N2O2/c1-13(2)20(5)18(22)16-7-6-8-21(12-16)19(23)17-10-14(3)9-15(4)11-17/h9-11,13,16H,6-8,12H2,1-5H3. The van der Waals surface area contributed by atoms with Gasteiger partial charge in [0.2, 0.25) is 5.91 Å². The first kappa shape index (κ1) is 17.5. The summed E-state index contributed by atoms with van der Waals surface area (Å²) in [7, 11) is 1.84. The maximum absolute atomic E-state index is 12.8. The molecule has 0 saturated carbocycles. The Hall–Kier alpha value is -1.84. The second-order valence-corrected chi connectivity index (χ2v) is 7.01. The summed E-state index contributed by atoms with van der Waals surface area (Å²) in [5.41, 5.74) is 2.92. The van der Waals surface area contributed by atoms with Gasteiger partial charge in [0.15, 0.2) is 0 Å². The van der Waals surface area contributed by atoms with Crippen LogP contribution in [0.3, 0.4) is 0 Å². The van der Waals surface area contributed by atoms with E-state index in [1.165, 1.54) is 0 Å². The predicted molar refractivity (Wildman–Crippen MR) is 92.4 cm³/mol. The van der Waals surface area contributed by atoms with E-state index < -0.39 is 0 Å². The number of aryl methyl sites for hydroxylation is 2. The van der Waals surface area contributed by atoms with Crippen LogP contribution in [-0.4, -0.2) is 47.8 Å². The minimum Gasteiger partial charge on any atom is -0.343 e. The molecule has 1 heterocycles. The molecule has 1 aliphatic rings. The van der Waals surface area contributed by atoms with E-state index in [1.54, 1.807) is 4.90 Å². The van der Waals surface area contributed by atoms with E-state index in [0.29, 0.717) is 6.54 Å². The lowest BCUT2D eigenvalue weighted by Gasteiger charge is -2.35. The Balaban J connectivity index is 2.11. The second-order valence-electron chi connectivity index (χ2n) is 7.01. The highest BCUT2D eigenvalue weighted by Gasteiger charge is 2.31. The largest absolute Gasteiger partial charge is 0.343 e. The molecule has 126 valence electrons. The third-order valence-electron chi connectivity index (χ3n) is 4.65. The van der Waals surface area contributed by atoms with Crippen LogP contribution in [0.4, 0.5) is 0 Å². The maximum Gasteiger partial charge on any atom is 0.253 e. The molecule has 0 aliphatic carbocycles. The summed E-state index contributed by atoms with van der Waals surface area (Å²) in [5, 5.41) is 0. The summed E-state index contributed by atoms with van der Waals surface area (Å²) in [6.45, 7) is 9.30. The molecule has 1 atom stereocenters. The molecule has 1 aliphatic heterocycles. The summed E-state index contributed by atoms with van der Waals surface area (Å²) < 4.78 is 0. The van der Waals surface area contributed by atoms with Crippen LogP contribution in [0.5, 0.6) is 0 Å². The Morgan fingerprint density at radius 3 is 2.35 bits per heavy atom. The van der Waals surface area contributed by atoms with E-state index in [4.69, 9.17) is 0 Å². The van der Waals surface area contributed by atoms with Crippen molar-refractivity contribution in [2.45, 2.75) is 46.6 Å². The molecule has 0 bridgehead atoms. The molecule has 0 radical (unpaired) electrons. The van der Waals surface area contributed by atoms with Crippen LogP contribution in [0.25, 0.3) is 0 Å². The predicted octanol–water partition coefficient (Wildman–Crippen LogP) is 3.02. The fraction of sp³-hybridized carbons (Fsp3) is 0.579. The van der Waals surface area contributed by atoms with Gasteiger partial charge in [-0.05, 0) is 52.7 Å². The number of carbonyl (C=O) groups excluding carboxylic acids is 2. The third kappa shape index (κ3) is 4.12. The van der Waals surface area contributed by atoms with Gasteiger partial charge in [-0.15, -0.1) is 0 Å². The summed E-state index contributed by atoms with van der Waals surface area (Å²) in [5.74, 6) is 0.116. The molecule has 1 aromatic carbocycles. The quantitative estimate of drug-likeness (QED) is 0.860. The van der Waals surface area contributed by atoms with Crippen LogP contribution >= 0.6 is 0 Å². The smallest absolute Gasteiger partial charge is 0.253 e. The fourth-order valence-electron chi connectivity index (χ4n) is 3.19. The van der Waals surface area contributed by atoms with Gasteiger partial charge in [0.05, 0.1) is 5.92 Å². The molecular weight excluding hydrogens is 288 g/mol. The molecule has 4 heteroatoms. The average Bonchev–Trinajstić information content (AvgIpc) is 2.51.